The first-order chi connectivity index (χ1) is 24.1. The normalized spacial score (nSPS) is 30.6. The number of carbonyl (C=O) groups excluding carboxylic acids is 2. The molecule has 0 radical (unpaired) electrons. The fraction of sp³-hybridized carbons (Fsp3) is 0.778. The van der Waals surface area contributed by atoms with E-state index in [0.717, 1.165) is 62.0 Å². The number of rotatable bonds is 6. The predicted octanol–water partition coefficient (Wildman–Crippen LogP) is 12.8. The van der Waals surface area contributed by atoms with Crippen molar-refractivity contribution in [3.63, 3.8) is 0 Å². The summed E-state index contributed by atoms with van der Waals surface area (Å²) in [5.74, 6) is 4.18. The quantitative estimate of drug-likeness (QED) is 0.208. The van der Waals surface area contributed by atoms with E-state index < -0.39 is 0 Å². The van der Waals surface area contributed by atoms with Crippen molar-refractivity contribution in [2.75, 3.05) is 0 Å². The third kappa shape index (κ3) is 12.6. The molecule has 6 rings (SSSR count). The maximum Gasteiger partial charge on any atom is 0.311 e. The van der Waals surface area contributed by atoms with Gasteiger partial charge in [0.25, 0.3) is 0 Å². The first-order valence-electron chi connectivity index (χ1n) is 21.2. The molecule has 2 bridgehead atoms. The van der Waals surface area contributed by atoms with Crippen molar-refractivity contribution in [3.05, 3.63) is 47.3 Å². The van der Waals surface area contributed by atoms with Gasteiger partial charge in [0.05, 0.1) is 6.42 Å². The number of allylic oxidation sites excluding steroid dienone is 8. The summed E-state index contributed by atoms with van der Waals surface area (Å²) in [6.45, 7) is 1.52. The minimum atomic E-state index is -0.106. The minimum Gasteiger partial charge on any atom is -0.462 e. The van der Waals surface area contributed by atoms with E-state index in [9.17, 15) is 9.59 Å². The first-order valence-corrected chi connectivity index (χ1v) is 21.2. The number of carbonyl (C=O) groups is 2. The van der Waals surface area contributed by atoms with Crippen molar-refractivity contribution in [1.29, 1.82) is 0 Å². The zero-order valence-electron chi connectivity index (χ0n) is 31.3. The monoisotopic (exact) mass is 675 g/mol. The molecule has 4 heteroatoms. The van der Waals surface area contributed by atoms with Crippen molar-refractivity contribution in [3.8, 4) is 0 Å². The molecule has 0 aromatic carbocycles. The summed E-state index contributed by atoms with van der Waals surface area (Å²) in [6, 6.07) is 0. The van der Waals surface area contributed by atoms with Crippen LogP contribution in [0.2, 0.25) is 0 Å². The van der Waals surface area contributed by atoms with Crippen LogP contribution in [0.1, 0.15) is 187 Å². The molecule has 49 heavy (non-hydrogen) atoms. The van der Waals surface area contributed by atoms with Gasteiger partial charge in [0.15, 0.2) is 0 Å². The first kappa shape index (κ1) is 38.1. The highest BCUT2D eigenvalue weighted by Gasteiger charge is 2.53. The highest BCUT2D eigenvalue weighted by Crippen LogP contribution is 2.57. The van der Waals surface area contributed by atoms with Gasteiger partial charge in [-0.25, -0.2) is 0 Å². The molecule has 0 spiro atoms. The Morgan fingerprint density at radius 3 is 1.78 bits per heavy atom. The van der Waals surface area contributed by atoms with Gasteiger partial charge in [0.2, 0.25) is 0 Å². The van der Waals surface area contributed by atoms with Crippen LogP contribution in [0, 0.1) is 29.6 Å². The average molecular weight is 675 g/mol. The Morgan fingerprint density at radius 1 is 0.653 bits per heavy atom. The highest BCUT2D eigenvalue weighted by atomic mass is 16.5. The van der Waals surface area contributed by atoms with Gasteiger partial charge >= 0.3 is 11.9 Å². The fourth-order valence-electron chi connectivity index (χ4n) is 10.1. The van der Waals surface area contributed by atoms with Gasteiger partial charge < -0.3 is 9.47 Å². The van der Waals surface area contributed by atoms with Crippen LogP contribution in [-0.4, -0.2) is 18.0 Å². The molecule has 0 heterocycles. The van der Waals surface area contributed by atoms with Crippen LogP contribution in [0.4, 0.5) is 0 Å². The Labute approximate surface area is 300 Å². The summed E-state index contributed by atoms with van der Waals surface area (Å²) in [6.07, 6.45) is 46.7. The number of esters is 2. The van der Waals surface area contributed by atoms with Crippen molar-refractivity contribution < 1.29 is 19.1 Å². The molecule has 6 aliphatic rings. The Bertz CT molecular complexity index is 1110. The molecule has 0 N–H and O–H groups in total. The van der Waals surface area contributed by atoms with Crippen molar-refractivity contribution in [1.82, 2.24) is 0 Å². The minimum absolute atomic E-state index is 0.00861. The highest BCUT2D eigenvalue weighted by molar-refractivity contribution is 5.72. The van der Waals surface area contributed by atoms with E-state index in [2.05, 4.69) is 30.4 Å². The Morgan fingerprint density at radius 2 is 1.18 bits per heavy atom. The van der Waals surface area contributed by atoms with Gasteiger partial charge in [-0.15, -0.1) is 0 Å². The molecule has 2 saturated carbocycles. The van der Waals surface area contributed by atoms with E-state index >= 15 is 0 Å². The lowest BCUT2D eigenvalue weighted by Gasteiger charge is -2.30. The van der Waals surface area contributed by atoms with Gasteiger partial charge in [-0.2, -0.15) is 0 Å². The number of hydrogen-bond acceptors (Lipinski definition) is 4. The van der Waals surface area contributed by atoms with E-state index in [4.69, 9.17) is 9.47 Å². The summed E-state index contributed by atoms with van der Waals surface area (Å²) in [5, 5.41) is 0. The number of ether oxygens (including phenoxy) is 2. The van der Waals surface area contributed by atoms with Crippen LogP contribution < -0.4 is 0 Å². The van der Waals surface area contributed by atoms with Crippen molar-refractivity contribution >= 4 is 11.9 Å². The predicted molar refractivity (Wildman–Crippen MR) is 202 cm³/mol. The summed E-state index contributed by atoms with van der Waals surface area (Å²) in [5.41, 5.74) is 3.10. The second kappa shape index (κ2) is 21.3. The van der Waals surface area contributed by atoms with Crippen molar-refractivity contribution in [2.24, 2.45) is 29.6 Å². The third-order valence-electron chi connectivity index (χ3n) is 12.7. The maximum absolute atomic E-state index is 13.4. The van der Waals surface area contributed by atoms with Crippen molar-refractivity contribution in [2.45, 2.75) is 193 Å². The molecule has 2 fully saturated rings. The van der Waals surface area contributed by atoms with Gasteiger partial charge in [-0.1, -0.05) is 113 Å². The number of fused-ring (bicyclic) bond motifs is 5. The van der Waals surface area contributed by atoms with E-state index in [1.54, 1.807) is 11.1 Å². The van der Waals surface area contributed by atoms with E-state index in [0.29, 0.717) is 12.3 Å². The van der Waals surface area contributed by atoms with Crippen LogP contribution in [-0.2, 0) is 19.1 Å². The lowest BCUT2D eigenvalue weighted by molar-refractivity contribution is -0.150. The molecule has 5 unspecified atom stereocenters. The third-order valence-corrected chi connectivity index (χ3v) is 12.7. The molecule has 0 aromatic rings. The summed E-state index contributed by atoms with van der Waals surface area (Å²) in [7, 11) is 0. The summed E-state index contributed by atoms with van der Waals surface area (Å²) >= 11 is 0. The molecule has 5 atom stereocenters. The SMILES string of the molecule is CC(=O)OC1CC2CC1C1CC=CC21.O=C(CC(C1=CCCCCCCCC1)C1=CCCCCCCCC1)OC1=CCCCCCCCC1. The average Bonchev–Trinajstić information content (AvgIpc) is 3.83. The number of hydrogen-bond donors (Lipinski definition) is 0. The van der Waals surface area contributed by atoms with Crippen LogP contribution >= 0.6 is 0 Å². The van der Waals surface area contributed by atoms with E-state index in [-0.39, 0.29) is 24.0 Å². The molecule has 0 saturated heterocycles. The smallest absolute Gasteiger partial charge is 0.311 e. The molecule has 0 aliphatic heterocycles. The van der Waals surface area contributed by atoms with Gasteiger partial charge in [-0.05, 0) is 120 Å². The maximum atomic E-state index is 13.4. The second-order valence-corrected chi connectivity index (χ2v) is 16.4. The van der Waals surface area contributed by atoms with Crippen LogP contribution in [0.5, 0.6) is 0 Å². The summed E-state index contributed by atoms with van der Waals surface area (Å²) < 4.78 is 11.5. The van der Waals surface area contributed by atoms with Crippen LogP contribution in [0.15, 0.2) is 47.3 Å². The second-order valence-electron chi connectivity index (χ2n) is 16.4. The molecular weight excluding hydrogens is 604 g/mol. The van der Waals surface area contributed by atoms with E-state index in [1.165, 1.54) is 142 Å². The zero-order chi connectivity index (χ0) is 34.1. The standard InChI is InChI=1S/C33H54O2.C12H16O2/c34-33(35-31-26-20-14-8-3-9-15-21-27-31)28-32(29-22-16-10-4-1-5-11-17-23-29)30-24-18-12-6-2-7-13-19-25-30;1-7(13)14-12-6-8-5-11(12)10-4-2-3-9(8)10/h22,24,26,32H,1-21,23,25,27-28H2;2-3,8-12H,4-6H2,1H3. The van der Waals surface area contributed by atoms with Gasteiger partial charge in [0, 0.05) is 19.3 Å². The molecule has 274 valence electrons. The lowest BCUT2D eigenvalue weighted by atomic mass is 9.80. The molecular formula is C45H70O4. The topological polar surface area (TPSA) is 52.6 Å². The Balaban J connectivity index is 0.000000274. The largest absolute Gasteiger partial charge is 0.462 e. The Hall–Kier alpha value is -2.10. The Kier molecular flexibility index (Phi) is 16.6. The molecule has 4 nitrogen and oxygen atoms in total. The fourth-order valence-corrected chi connectivity index (χ4v) is 10.1. The summed E-state index contributed by atoms with van der Waals surface area (Å²) in [4.78, 5) is 24.3. The van der Waals surface area contributed by atoms with Gasteiger partial charge in [-0.3, -0.25) is 9.59 Å². The lowest BCUT2D eigenvalue weighted by Crippen LogP contribution is -2.31. The van der Waals surface area contributed by atoms with Crippen LogP contribution in [0.25, 0.3) is 0 Å². The molecule has 0 aromatic heterocycles. The molecule has 6 aliphatic carbocycles. The van der Waals surface area contributed by atoms with Gasteiger partial charge in [0.1, 0.15) is 11.9 Å². The van der Waals surface area contributed by atoms with Crippen LogP contribution in [0.3, 0.4) is 0 Å². The molecule has 0 amide bonds. The van der Waals surface area contributed by atoms with E-state index in [1.807, 2.05) is 0 Å². The zero-order valence-corrected chi connectivity index (χ0v) is 31.3.